The molecular formula is C13H19F2NO. The summed E-state index contributed by atoms with van der Waals surface area (Å²) >= 11 is 0. The summed E-state index contributed by atoms with van der Waals surface area (Å²) in [6.45, 7) is 0.369. The summed E-state index contributed by atoms with van der Waals surface area (Å²) in [4.78, 5) is 0. The quantitative estimate of drug-likeness (QED) is 0.769. The number of hydrogen-bond donors (Lipinski definition) is 2. The summed E-state index contributed by atoms with van der Waals surface area (Å²) in [5.74, 6) is -3.04. The minimum absolute atomic E-state index is 0.00910. The van der Waals surface area contributed by atoms with Gasteiger partial charge in [0.2, 0.25) is 0 Å². The Hall–Kier alpha value is -1.00. The lowest BCUT2D eigenvalue weighted by atomic mass is 10.0. The van der Waals surface area contributed by atoms with Crippen LogP contribution in [0.3, 0.4) is 0 Å². The van der Waals surface area contributed by atoms with Crippen LogP contribution in [0.25, 0.3) is 0 Å². The fourth-order valence-electron chi connectivity index (χ4n) is 1.61. The van der Waals surface area contributed by atoms with E-state index in [1.165, 1.54) is 0 Å². The molecule has 1 unspecified atom stereocenters. The Balaban J connectivity index is 2.44. The molecule has 0 fully saturated rings. The zero-order valence-electron chi connectivity index (χ0n) is 10.00. The number of rotatable bonds is 7. The third kappa shape index (κ3) is 5.24. The van der Waals surface area contributed by atoms with Gasteiger partial charge in [0.05, 0.1) is 6.54 Å². The van der Waals surface area contributed by atoms with Gasteiger partial charge in [-0.15, -0.1) is 0 Å². The predicted octanol–water partition coefficient (Wildman–Crippen LogP) is 2.22. The molecule has 0 aliphatic heterocycles. The van der Waals surface area contributed by atoms with Gasteiger partial charge in [-0.25, -0.2) is 8.78 Å². The van der Waals surface area contributed by atoms with Gasteiger partial charge in [-0.2, -0.15) is 0 Å². The van der Waals surface area contributed by atoms with Crippen molar-refractivity contribution in [1.29, 1.82) is 0 Å². The van der Waals surface area contributed by atoms with Gasteiger partial charge in [-0.1, -0.05) is 37.3 Å². The van der Waals surface area contributed by atoms with Crippen molar-refractivity contribution in [2.45, 2.75) is 31.7 Å². The Labute approximate surface area is 101 Å². The van der Waals surface area contributed by atoms with Gasteiger partial charge in [0.15, 0.2) is 0 Å². The largest absolute Gasteiger partial charge is 0.390 e. The Morgan fingerprint density at radius 3 is 2.47 bits per heavy atom. The van der Waals surface area contributed by atoms with Crippen molar-refractivity contribution in [3.8, 4) is 0 Å². The highest BCUT2D eigenvalue weighted by molar-refractivity contribution is 5.15. The molecule has 1 rings (SSSR count). The van der Waals surface area contributed by atoms with Gasteiger partial charge < -0.3 is 10.4 Å². The molecule has 0 aromatic heterocycles. The number of aliphatic hydroxyl groups is 1. The highest BCUT2D eigenvalue weighted by Gasteiger charge is 2.28. The molecule has 0 bridgehead atoms. The van der Waals surface area contributed by atoms with E-state index in [9.17, 15) is 8.78 Å². The molecule has 2 nitrogen and oxygen atoms in total. The van der Waals surface area contributed by atoms with Gasteiger partial charge in [0.1, 0.15) is 6.61 Å². The molecule has 0 aliphatic rings. The molecule has 0 spiro atoms. The summed E-state index contributed by atoms with van der Waals surface area (Å²) in [5, 5.41) is 11.3. The topological polar surface area (TPSA) is 32.3 Å². The lowest BCUT2D eigenvalue weighted by molar-refractivity contribution is -0.0493. The number of nitrogens with one attached hydrogen (secondary N) is 1. The van der Waals surface area contributed by atoms with Gasteiger partial charge >= 0.3 is 0 Å². The smallest absolute Gasteiger partial charge is 0.282 e. The van der Waals surface area contributed by atoms with Crippen LogP contribution in [0.1, 0.15) is 18.9 Å². The standard InChI is InChI=1S/C13H19F2NO/c1-2-12(16-9-13(14,15)10-17)8-11-6-4-3-5-7-11/h3-7,12,16-17H,2,8-10H2,1H3. The van der Waals surface area contributed by atoms with Gasteiger partial charge in [0.25, 0.3) is 5.92 Å². The molecule has 4 heteroatoms. The summed E-state index contributed by atoms with van der Waals surface area (Å²) in [7, 11) is 0. The number of aliphatic hydroxyl groups excluding tert-OH is 1. The monoisotopic (exact) mass is 243 g/mol. The first kappa shape index (κ1) is 14.1. The van der Waals surface area contributed by atoms with Gasteiger partial charge in [-0.3, -0.25) is 0 Å². The third-order valence-electron chi connectivity index (χ3n) is 2.70. The fraction of sp³-hybridized carbons (Fsp3) is 0.538. The van der Waals surface area contributed by atoms with Crippen LogP contribution in [0.5, 0.6) is 0 Å². The lowest BCUT2D eigenvalue weighted by Crippen LogP contribution is -2.41. The van der Waals surface area contributed by atoms with E-state index in [4.69, 9.17) is 5.11 Å². The molecule has 96 valence electrons. The minimum atomic E-state index is -3.04. The van der Waals surface area contributed by atoms with E-state index in [2.05, 4.69) is 5.32 Å². The van der Waals surface area contributed by atoms with E-state index in [-0.39, 0.29) is 6.04 Å². The molecule has 0 amide bonds. The minimum Gasteiger partial charge on any atom is -0.390 e. The normalized spacial score (nSPS) is 13.6. The van der Waals surface area contributed by atoms with Crippen molar-refractivity contribution in [2.75, 3.05) is 13.2 Å². The zero-order chi connectivity index (χ0) is 12.7. The first-order valence-electron chi connectivity index (χ1n) is 5.83. The number of hydrogen-bond acceptors (Lipinski definition) is 2. The van der Waals surface area contributed by atoms with Crippen LogP contribution in [-0.4, -0.2) is 30.2 Å². The predicted molar refractivity (Wildman–Crippen MR) is 64.3 cm³/mol. The Bertz CT molecular complexity index is 316. The van der Waals surface area contributed by atoms with Crippen LogP contribution in [0, 0.1) is 0 Å². The third-order valence-corrected chi connectivity index (χ3v) is 2.70. The molecule has 1 aromatic rings. The van der Waals surface area contributed by atoms with Crippen molar-refractivity contribution in [2.24, 2.45) is 0 Å². The SMILES string of the molecule is CCC(Cc1ccccc1)NCC(F)(F)CO. The maximum atomic E-state index is 12.9. The Kier molecular flexibility index (Phi) is 5.51. The second-order valence-electron chi connectivity index (χ2n) is 4.19. The fourth-order valence-corrected chi connectivity index (χ4v) is 1.61. The van der Waals surface area contributed by atoms with Crippen LogP contribution < -0.4 is 5.32 Å². The first-order valence-corrected chi connectivity index (χ1v) is 5.83. The molecule has 0 heterocycles. The molecule has 2 N–H and O–H groups in total. The van der Waals surface area contributed by atoms with Crippen molar-refractivity contribution >= 4 is 0 Å². The van der Waals surface area contributed by atoms with E-state index in [0.717, 1.165) is 18.4 Å². The molecule has 0 saturated carbocycles. The summed E-state index contributed by atoms with van der Waals surface area (Å²) in [5.41, 5.74) is 1.12. The zero-order valence-corrected chi connectivity index (χ0v) is 10.00. The van der Waals surface area contributed by atoms with Crippen LogP contribution in [-0.2, 0) is 6.42 Å². The molecule has 0 saturated heterocycles. The van der Waals surface area contributed by atoms with E-state index >= 15 is 0 Å². The molecule has 1 aromatic carbocycles. The van der Waals surface area contributed by atoms with Crippen molar-refractivity contribution < 1.29 is 13.9 Å². The number of benzene rings is 1. The second kappa shape index (κ2) is 6.67. The van der Waals surface area contributed by atoms with Crippen molar-refractivity contribution in [1.82, 2.24) is 5.32 Å². The summed E-state index contributed by atoms with van der Waals surface area (Å²) in [6.07, 6.45) is 1.50. The second-order valence-corrected chi connectivity index (χ2v) is 4.19. The van der Waals surface area contributed by atoms with E-state index in [0.29, 0.717) is 0 Å². The highest BCUT2D eigenvalue weighted by Crippen LogP contribution is 2.12. The Morgan fingerprint density at radius 2 is 1.94 bits per heavy atom. The molecule has 17 heavy (non-hydrogen) atoms. The molecule has 1 atom stereocenters. The average molecular weight is 243 g/mol. The summed E-state index contributed by atoms with van der Waals surface area (Å²) in [6, 6.07) is 9.77. The molecular weight excluding hydrogens is 224 g/mol. The van der Waals surface area contributed by atoms with Gasteiger partial charge in [-0.05, 0) is 18.4 Å². The highest BCUT2D eigenvalue weighted by atomic mass is 19.3. The van der Waals surface area contributed by atoms with Gasteiger partial charge in [0, 0.05) is 6.04 Å². The summed E-state index contributed by atoms with van der Waals surface area (Å²) < 4.78 is 25.8. The van der Waals surface area contributed by atoms with E-state index in [1.54, 1.807) is 0 Å². The van der Waals surface area contributed by atoms with E-state index < -0.39 is 19.1 Å². The van der Waals surface area contributed by atoms with Crippen LogP contribution in [0.2, 0.25) is 0 Å². The van der Waals surface area contributed by atoms with Crippen LogP contribution in [0.15, 0.2) is 30.3 Å². The Morgan fingerprint density at radius 1 is 1.29 bits per heavy atom. The first-order chi connectivity index (χ1) is 8.07. The van der Waals surface area contributed by atoms with E-state index in [1.807, 2.05) is 37.3 Å². The maximum absolute atomic E-state index is 12.9. The molecule has 0 radical (unpaired) electrons. The van der Waals surface area contributed by atoms with Crippen molar-refractivity contribution in [3.63, 3.8) is 0 Å². The molecule has 0 aliphatic carbocycles. The number of alkyl halides is 2. The van der Waals surface area contributed by atoms with Crippen LogP contribution in [0.4, 0.5) is 8.78 Å². The number of halogens is 2. The van der Waals surface area contributed by atoms with Crippen LogP contribution >= 0.6 is 0 Å². The van der Waals surface area contributed by atoms with Crippen molar-refractivity contribution in [3.05, 3.63) is 35.9 Å². The lowest BCUT2D eigenvalue weighted by Gasteiger charge is -2.21. The average Bonchev–Trinajstić information content (AvgIpc) is 2.35. The maximum Gasteiger partial charge on any atom is 0.282 e.